The fraction of sp³-hybridized carbons (Fsp3) is 0.750. The highest BCUT2D eigenvalue weighted by atomic mass is 32.2. The Hall–Kier alpha value is -1.57. The number of nitrogens with zero attached hydrogens (tertiary/aromatic N) is 1. The van der Waals surface area contributed by atoms with Gasteiger partial charge in [-0.2, -0.15) is 0 Å². The standard InChI is InChI=1S/C16H27NO6S/c1-10(9-24-12(3)18)14(20)17(11(2)15(21)22-7)8-13(19)23-16(4,5)6/h10-11H,8-9H2,1-7H3/t10-,11+/m1/s1. The smallest absolute Gasteiger partial charge is 0.328 e. The van der Waals surface area contributed by atoms with Gasteiger partial charge in [0.15, 0.2) is 5.12 Å². The number of carbonyl (C=O) groups is 4. The van der Waals surface area contributed by atoms with Crippen LogP contribution in [0.5, 0.6) is 0 Å². The zero-order valence-electron chi connectivity index (χ0n) is 15.4. The van der Waals surface area contributed by atoms with Gasteiger partial charge in [0, 0.05) is 18.6 Å². The molecule has 0 bridgehead atoms. The molecular formula is C16H27NO6S. The van der Waals surface area contributed by atoms with Crippen molar-refractivity contribution in [2.75, 3.05) is 19.4 Å². The first-order chi connectivity index (χ1) is 10.9. The van der Waals surface area contributed by atoms with Gasteiger partial charge in [0.2, 0.25) is 5.91 Å². The van der Waals surface area contributed by atoms with Crippen LogP contribution in [0.3, 0.4) is 0 Å². The van der Waals surface area contributed by atoms with Crippen molar-refractivity contribution in [3.8, 4) is 0 Å². The Balaban J connectivity index is 5.18. The van der Waals surface area contributed by atoms with E-state index in [1.54, 1.807) is 27.7 Å². The minimum absolute atomic E-state index is 0.102. The van der Waals surface area contributed by atoms with E-state index in [0.29, 0.717) is 0 Å². The van der Waals surface area contributed by atoms with E-state index in [1.807, 2.05) is 0 Å². The lowest BCUT2D eigenvalue weighted by Gasteiger charge is -2.30. The predicted octanol–water partition coefficient (Wildman–Crippen LogP) is 1.63. The van der Waals surface area contributed by atoms with Crippen LogP contribution in [0.15, 0.2) is 0 Å². The van der Waals surface area contributed by atoms with Crippen LogP contribution in [-0.4, -0.2) is 58.9 Å². The summed E-state index contributed by atoms with van der Waals surface area (Å²) in [5.74, 6) is -1.91. The SMILES string of the molecule is COC(=O)[C@H](C)N(CC(=O)OC(C)(C)C)C(=O)[C@H](C)CSC(C)=O. The molecule has 0 aromatic heterocycles. The maximum absolute atomic E-state index is 12.6. The average molecular weight is 361 g/mol. The molecule has 24 heavy (non-hydrogen) atoms. The molecule has 7 nitrogen and oxygen atoms in total. The van der Waals surface area contributed by atoms with E-state index in [2.05, 4.69) is 4.74 Å². The molecular weight excluding hydrogens is 334 g/mol. The van der Waals surface area contributed by atoms with Gasteiger partial charge in [0.05, 0.1) is 7.11 Å². The van der Waals surface area contributed by atoms with Gasteiger partial charge in [0.25, 0.3) is 0 Å². The Morgan fingerprint density at radius 3 is 2.08 bits per heavy atom. The van der Waals surface area contributed by atoms with E-state index in [-0.39, 0.29) is 17.4 Å². The second-order valence-electron chi connectivity index (χ2n) is 6.46. The number of amides is 1. The average Bonchev–Trinajstić information content (AvgIpc) is 2.46. The van der Waals surface area contributed by atoms with Crippen molar-refractivity contribution in [2.24, 2.45) is 5.92 Å². The Morgan fingerprint density at radius 1 is 1.12 bits per heavy atom. The van der Waals surface area contributed by atoms with Crippen LogP contribution in [0.4, 0.5) is 0 Å². The molecule has 0 aromatic carbocycles. The van der Waals surface area contributed by atoms with Crippen LogP contribution < -0.4 is 0 Å². The molecule has 138 valence electrons. The minimum atomic E-state index is -0.931. The molecule has 0 saturated carbocycles. The number of rotatable bonds is 7. The summed E-state index contributed by atoms with van der Waals surface area (Å²) in [5.41, 5.74) is -0.698. The molecule has 0 radical (unpaired) electrons. The lowest BCUT2D eigenvalue weighted by molar-refractivity contribution is -0.163. The topological polar surface area (TPSA) is 90.0 Å². The molecule has 0 N–H and O–H groups in total. The number of esters is 2. The van der Waals surface area contributed by atoms with Gasteiger partial charge < -0.3 is 14.4 Å². The quantitative estimate of drug-likeness (QED) is 0.637. The van der Waals surface area contributed by atoms with Crippen molar-refractivity contribution in [3.63, 3.8) is 0 Å². The first-order valence-corrected chi connectivity index (χ1v) is 8.61. The van der Waals surface area contributed by atoms with Gasteiger partial charge in [-0.1, -0.05) is 18.7 Å². The predicted molar refractivity (Wildman–Crippen MR) is 91.3 cm³/mol. The summed E-state index contributed by atoms with van der Waals surface area (Å²) in [5, 5.41) is -0.102. The second kappa shape index (κ2) is 9.66. The number of carbonyl (C=O) groups excluding carboxylic acids is 4. The van der Waals surface area contributed by atoms with Gasteiger partial charge in [-0.15, -0.1) is 0 Å². The lowest BCUT2D eigenvalue weighted by Crippen LogP contribution is -2.49. The first-order valence-electron chi connectivity index (χ1n) is 7.62. The third-order valence-electron chi connectivity index (χ3n) is 2.97. The number of methoxy groups -OCH3 is 1. The maximum atomic E-state index is 12.6. The highest BCUT2D eigenvalue weighted by molar-refractivity contribution is 8.13. The van der Waals surface area contributed by atoms with Crippen LogP contribution in [-0.2, 0) is 28.7 Å². The molecule has 0 heterocycles. The van der Waals surface area contributed by atoms with E-state index in [4.69, 9.17) is 4.74 Å². The fourth-order valence-corrected chi connectivity index (χ4v) is 2.44. The molecule has 0 aliphatic rings. The molecule has 0 aliphatic heterocycles. The van der Waals surface area contributed by atoms with E-state index in [0.717, 1.165) is 16.7 Å². The number of ether oxygens (including phenoxy) is 2. The first kappa shape index (κ1) is 22.4. The second-order valence-corrected chi connectivity index (χ2v) is 7.65. The summed E-state index contributed by atoms with van der Waals surface area (Å²) in [7, 11) is 1.21. The summed E-state index contributed by atoms with van der Waals surface area (Å²) in [4.78, 5) is 48.6. The normalized spacial score (nSPS) is 13.6. The van der Waals surface area contributed by atoms with Crippen LogP contribution in [0.2, 0.25) is 0 Å². The zero-order chi connectivity index (χ0) is 19.1. The van der Waals surface area contributed by atoms with E-state index in [9.17, 15) is 19.2 Å². The maximum Gasteiger partial charge on any atom is 0.328 e. The summed E-state index contributed by atoms with van der Waals surface area (Å²) >= 11 is 1.02. The van der Waals surface area contributed by atoms with Gasteiger partial charge in [-0.3, -0.25) is 14.4 Å². The molecule has 0 aliphatic carbocycles. The van der Waals surface area contributed by atoms with Gasteiger partial charge in [-0.05, 0) is 27.7 Å². The molecule has 0 fully saturated rings. The highest BCUT2D eigenvalue weighted by Crippen LogP contribution is 2.16. The number of hydrogen-bond acceptors (Lipinski definition) is 7. The fourth-order valence-electron chi connectivity index (χ4n) is 1.81. The molecule has 0 unspecified atom stereocenters. The van der Waals surface area contributed by atoms with Crippen LogP contribution in [0.1, 0.15) is 41.5 Å². The third-order valence-corrected chi connectivity index (χ3v) is 4.04. The van der Waals surface area contributed by atoms with E-state index in [1.165, 1.54) is 21.0 Å². The van der Waals surface area contributed by atoms with Gasteiger partial charge in [-0.25, -0.2) is 4.79 Å². The number of hydrogen-bond donors (Lipinski definition) is 0. The summed E-state index contributed by atoms with van der Waals surface area (Å²) in [6.45, 7) is 9.33. The summed E-state index contributed by atoms with van der Waals surface area (Å²) < 4.78 is 9.87. The molecule has 2 atom stereocenters. The summed E-state index contributed by atoms with van der Waals surface area (Å²) in [6.07, 6.45) is 0. The largest absolute Gasteiger partial charge is 0.467 e. The van der Waals surface area contributed by atoms with Crippen LogP contribution in [0, 0.1) is 5.92 Å². The lowest BCUT2D eigenvalue weighted by atomic mass is 10.1. The molecule has 8 heteroatoms. The summed E-state index contributed by atoms with van der Waals surface area (Å²) in [6, 6.07) is -0.931. The van der Waals surface area contributed by atoms with E-state index >= 15 is 0 Å². The monoisotopic (exact) mass is 361 g/mol. The van der Waals surface area contributed by atoms with Crippen molar-refractivity contribution in [3.05, 3.63) is 0 Å². The van der Waals surface area contributed by atoms with Crippen molar-refractivity contribution in [1.82, 2.24) is 4.90 Å². The Kier molecular flexibility index (Phi) is 9.03. The van der Waals surface area contributed by atoms with Crippen molar-refractivity contribution in [1.29, 1.82) is 0 Å². The molecule has 0 saturated heterocycles. The minimum Gasteiger partial charge on any atom is -0.467 e. The highest BCUT2D eigenvalue weighted by Gasteiger charge is 2.32. The van der Waals surface area contributed by atoms with E-state index < -0.39 is 35.4 Å². The van der Waals surface area contributed by atoms with Gasteiger partial charge >= 0.3 is 11.9 Å². The zero-order valence-corrected chi connectivity index (χ0v) is 16.2. The van der Waals surface area contributed by atoms with Gasteiger partial charge in [0.1, 0.15) is 18.2 Å². The Bertz CT molecular complexity index is 485. The van der Waals surface area contributed by atoms with Crippen molar-refractivity contribution in [2.45, 2.75) is 53.2 Å². The third kappa shape index (κ3) is 8.33. The number of thioether (sulfide) groups is 1. The molecule has 0 aromatic rings. The molecule has 0 spiro atoms. The Labute approximate surface area is 147 Å². The molecule has 0 rings (SSSR count). The van der Waals surface area contributed by atoms with Crippen molar-refractivity contribution < 1.29 is 28.7 Å². The van der Waals surface area contributed by atoms with Crippen molar-refractivity contribution >= 4 is 34.7 Å². The molecule has 1 amide bonds. The Morgan fingerprint density at radius 2 is 1.67 bits per heavy atom. The van der Waals surface area contributed by atoms with Crippen LogP contribution in [0.25, 0.3) is 0 Å². The van der Waals surface area contributed by atoms with Crippen LogP contribution >= 0.6 is 11.8 Å².